The van der Waals surface area contributed by atoms with Gasteiger partial charge < -0.3 is 9.26 Å². The van der Waals surface area contributed by atoms with Gasteiger partial charge in [-0.3, -0.25) is 0 Å². The molecule has 0 aliphatic carbocycles. The lowest BCUT2D eigenvalue weighted by Crippen LogP contribution is -1.99. The van der Waals surface area contributed by atoms with Crippen LogP contribution in [0.4, 0.5) is 0 Å². The van der Waals surface area contributed by atoms with Crippen LogP contribution in [0.15, 0.2) is 34.9 Å². The Kier molecular flexibility index (Phi) is 3.09. The third-order valence-electron chi connectivity index (χ3n) is 3.63. The molecule has 6 heteroatoms. The number of aromatic nitrogens is 3. The van der Waals surface area contributed by atoms with E-state index < -0.39 is 0 Å². The van der Waals surface area contributed by atoms with Crippen molar-refractivity contribution in [2.45, 2.75) is 12.3 Å². The molecule has 0 spiro atoms. The van der Waals surface area contributed by atoms with Crippen LogP contribution in [0.3, 0.4) is 0 Å². The van der Waals surface area contributed by atoms with Crippen molar-refractivity contribution in [3.8, 4) is 11.6 Å². The van der Waals surface area contributed by atoms with Crippen LogP contribution in [0.1, 0.15) is 18.2 Å². The van der Waals surface area contributed by atoms with Crippen molar-refractivity contribution < 1.29 is 9.26 Å². The van der Waals surface area contributed by atoms with Gasteiger partial charge in [-0.25, -0.2) is 4.98 Å². The first kappa shape index (κ1) is 12.7. The summed E-state index contributed by atoms with van der Waals surface area (Å²) in [5.41, 5.74) is 1.37. The van der Waals surface area contributed by atoms with Crippen molar-refractivity contribution in [3.63, 3.8) is 0 Å². The minimum Gasteiger partial charge on any atom is -0.381 e. The van der Waals surface area contributed by atoms with Crippen molar-refractivity contribution in [2.24, 2.45) is 0 Å². The third-order valence-corrected chi connectivity index (χ3v) is 3.93. The lowest BCUT2D eigenvalue weighted by Gasteiger charge is -2.01. The van der Waals surface area contributed by atoms with Crippen molar-refractivity contribution >= 4 is 22.5 Å². The summed E-state index contributed by atoms with van der Waals surface area (Å²) >= 11 is 6.18. The fourth-order valence-electron chi connectivity index (χ4n) is 2.47. The second-order valence-electron chi connectivity index (χ2n) is 5.03. The number of ether oxygens (including phenoxy) is 1. The number of hydrogen-bond acceptors (Lipinski definition) is 5. The van der Waals surface area contributed by atoms with Gasteiger partial charge in [0.1, 0.15) is 5.69 Å². The zero-order valence-corrected chi connectivity index (χ0v) is 11.9. The fraction of sp³-hybridized carbons (Fsp3) is 0.267. The van der Waals surface area contributed by atoms with E-state index in [1.54, 1.807) is 0 Å². The van der Waals surface area contributed by atoms with Crippen LogP contribution in [-0.4, -0.2) is 28.3 Å². The van der Waals surface area contributed by atoms with Crippen molar-refractivity contribution in [1.29, 1.82) is 0 Å². The number of pyridine rings is 1. The predicted molar refractivity (Wildman–Crippen MR) is 78.2 cm³/mol. The molecular weight excluding hydrogens is 290 g/mol. The zero-order valence-electron chi connectivity index (χ0n) is 11.1. The molecule has 0 bridgehead atoms. The molecular formula is C15H12ClN3O2. The number of para-hydroxylation sites is 1. The van der Waals surface area contributed by atoms with E-state index >= 15 is 0 Å². The Morgan fingerprint density at radius 1 is 1.14 bits per heavy atom. The molecule has 106 valence electrons. The maximum atomic E-state index is 6.18. The van der Waals surface area contributed by atoms with E-state index in [1.165, 1.54) is 0 Å². The van der Waals surface area contributed by atoms with Gasteiger partial charge in [-0.15, -0.1) is 0 Å². The molecule has 0 saturated carbocycles. The highest BCUT2D eigenvalue weighted by atomic mass is 35.5. The Hall–Kier alpha value is -1.98. The van der Waals surface area contributed by atoms with Gasteiger partial charge in [-0.1, -0.05) is 35.0 Å². The SMILES string of the molecule is Clc1cccc2ccc(-c3nc([C@H]4CCOC4)no3)nc12. The van der Waals surface area contributed by atoms with Crippen molar-refractivity contribution in [1.82, 2.24) is 15.1 Å². The number of fused-ring (bicyclic) bond motifs is 1. The maximum Gasteiger partial charge on any atom is 0.276 e. The quantitative estimate of drug-likeness (QED) is 0.725. The largest absolute Gasteiger partial charge is 0.381 e. The normalized spacial score (nSPS) is 18.4. The van der Waals surface area contributed by atoms with Gasteiger partial charge in [0.25, 0.3) is 5.89 Å². The standard InChI is InChI=1S/C15H12ClN3O2/c16-11-3-1-2-9-4-5-12(17-13(9)11)15-18-14(19-21-15)10-6-7-20-8-10/h1-5,10H,6-8H2/t10-/m0/s1. The lowest BCUT2D eigenvalue weighted by molar-refractivity contribution is 0.192. The van der Waals surface area contributed by atoms with E-state index in [2.05, 4.69) is 15.1 Å². The first-order valence-corrected chi connectivity index (χ1v) is 7.16. The number of rotatable bonds is 2. The lowest BCUT2D eigenvalue weighted by atomic mass is 10.1. The van der Waals surface area contributed by atoms with Crippen LogP contribution in [0.2, 0.25) is 5.02 Å². The minimum atomic E-state index is 0.214. The molecule has 3 heterocycles. The minimum absolute atomic E-state index is 0.214. The van der Waals surface area contributed by atoms with Gasteiger partial charge in [0.2, 0.25) is 0 Å². The molecule has 1 aromatic carbocycles. The molecule has 0 amide bonds. The van der Waals surface area contributed by atoms with Crippen molar-refractivity contribution in [2.75, 3.05) is 13.2 Å². The smallest absolute Gasteiger partial charge is 0.276 e. The molecule has 1 fully saturated rings. The zero-order chi connectivity index (χ0) is 14.2. The summed E-state index contributed by atoms with van der Waals surface area (Å²) in [6.45, 7) is 1.40. The molecule has 0 unspecified atom stereocenters. The molecule has 1 aliphatic heterocycles. The van der Waals surface area contributed by atoms with Gasteiger partial charge in [-0.2, -0.15) is 4.98 Å². The summed E-state index contributed by atoms with van der Waals surface area (Å²) < 4.78 is 10.7. The van der Waals surface area contributed by atoms with E-state index in [0.29, 0.717) is 29.0 Å². The summed E-state index contributed by atoms with van der Waals surface area (Å²) in [5.74, 6) is 1.31. The highest BCUT2D eigenvalue weighted by molar-refractivity contribution is 6.35. The molecule has 0 N–H and O–H groups in total. The van der Waals surface area contributed by atoms with Gasteiger partial charge >= 0.3 is 0 Å². The molecule has 2 aromatic heterocycles. The molecule has 1 aliphatic rings. The second-order valence-corrected chi connectivity index (χ2v) is 5.43. The number of nitrogens with zero attached hydrogens (tertiary/aromatic N) is 3. The number of halogens is 1. The van der Waals surface area contributed by atoms with E-state index in [-0.39, 0.29) is 5.92 Å². The van der Waals surface area contributed by atoms with Crippen LogP contribution < -0.4 is 0 Å². The van der Waals surface area contributed by atoms with E-state index in [1.807, 2.05) is 30.3 Å². The molecule has 21 heavy (non-hydrogen) atoms. The van der Waals surface area contributed by atoms with Crippen LogP contribution in [0.25, 0.3) is 22.5 Å². The van der Waals surface area contributed by atoms with Gasteiger partial charge in [0, 0.05) is 17.9 Å². The van der Waals surface area contributed by atoms with Gasteiger partial charge in [0.05, 0.1) is 17.1 Å². The Morgan fingerprint density at radius 3 is 2.95 bits per heavy atom. The molecule has 4 rings (SSSR count). The van der Waals surface area contributed by atoms with Crippen LogP contribution >= 0.6 is 11.6 Å². The molecule has 1 saturated heterocycles. The maximum absolute atomic E-state index is 6.18. The predicted octanol–water partition coefficient (Wildman–Crippen LogP) is 3.44. The second kappa shape index (κ2) is 5.09. The number of benzene rings is 1. The molecule has 3 aromatic rings. The Morgan fingerprint density at radius 2 is 2.10 bits per heavy atom. The average molecular weight is 302 g/mol. The summed E-state index contributed by atoms with van der Waals surface area (Å²) in [4.78, 5) is 8.96. The fourth-order valence-corrected chi connectivity index (χ4v) is 2.70. The summed E-state index contributed by atoms with van der Waals surface area (Å²) in [6, 6.07) is 9.49. The van der Waals surface area contributed by atoms with Gasteiger partial charge in [-0.05, 0) is 18.6 Å². The molecule has 0 radical (unpaired) electrons. The average Bonchev–Trinajstić information content (AvgIpc) is 3.18. The van der Waals surface area contributed by atoms with E-state index in [4.69, 9.17) is 20.9 Å². The topological polar surface area (TPSA) is 61.0 Å². The van der Waals surface area contributed by atoms with Crippen LogP contribution in [0.5, 0.6) is 0 Å². The molecule has 5 nitrogen and oxygen atoms in total. The monoisotopic (exact) mass is 301 g/mol. The first-order valence-electron chi connectivity index (χ1n) is 6.78. The third kappa shape index (κ3) is 2.28. The molecule has 1 atom stereocenters. The van der Waals surface area contributed by atoms with Crippen LogP contribution in [0, 0.1) is 0 Å². The summed E-state index contributed by atoms with van der Waals surface area (Å²) in [7, 11) is 0. The highest BCUT2D eigenvalue weighted by Crippen LogP contribution is 2.27. The van der Waals surface area contributed by atoms with E-state index in [9.17, 15) is 0 Å². The summed E-state index contributed by atoms with van der Waals surface area (Å²) in [5, 5.41) is 5.63. The Bertz CT molecular complexity index is 796. The van der Waals surface area contributed by atoms with Gasteiger partial charge in [0.15, 0.2) is 5.82 Å². The van der Waals surface area contributed by atoms with Crippen molar-refractivity contribution in [3.05, 3.63) is 41.2 Å². The Labute approximate surface area is 125 Å². The van der Waals surface area contributed by atoms with Crippen LogP contribution in [-0.2, 0) is 4.74 Å². The first-order chi connectivity index (χ1) is 10.3. The summed E-state index contributed by atoms with van der Waals surface area (Å²) in [6.07, 6.45) is 0.927. The number of hydrogen-bond donors (Lipinski definition) is 0. The highest BCUT2D eigenvalue weighted by Gasteiger charge is 2.23. The Balaban J connectivity index is 1.74. The van der Waals surface area contributed by atoms with E-state index in [0.717, 1.165) is 23.9 Å².